The van der Waals surface area contributed by atoms with Gasteiger partial charge in [0.1, 0.15) is 0 Å². The number of aromatic nitrogens is 1. The Morgan fingerprint density at radius 2 is 2.31 bits per heavy atom. The maximum Gasteiger partial charge on any atom is 0.167 e. The van der Waals surface area contributed by atoms with Gasteiger partial charge in [0.25, 0.3) is 0 Å². The summed E-state index contributed by atoms with van der Waals surface area (Å²) in [4.78, 5) is 15.5. The first-order valence-corrected chi connectivity index (χ1v) is 4.15. The van der Waals surface area contributed by atoms with E-state index in [9.17, 15) is 4.79 Å². The van der Waals surface area contributed by atoms with E-state index in [1.807, 2.05) is 0 Å². The Labute approximate surface area is 75.7 Å². The minimum atomic E-state index is -0.0111. The summed E-state index contributed by atoms with van der Waals surface area (Å²) in [6, 6.07) is 3.57. The van der Waals surface area contributed by atoms with Gasteiger partial charge in [-0.2, -0.15) is 0 Å². The van der Waals surface area contributed by atoms with E-state index < -0.39 is 0 Å². The summed E-state index contributed by atoms with van der Waals surface area (Å²) >= 11 is 0. The van der Waals surface area contributed by atoms with Crippen LogP contribution in [0, 0.1) is 0 Å². The molecule has 1 aliphatic carbocycles. The number of ketones is 1. The number of aliphatic hydroxyl groups is 1. The van der Waals surface area contributed by atoms with Crippen LogP contribution >= 0.6 is 0 Å². The number of aryl methyl sites for hydroxylation is 1. The molecule has 0 saturated carbocycles. The standard InChI is InChI=1S/C10H9NO2/c12-6-8-7-2-1-5-11-9(7)3-4-10(8)13/h1-2,5-6,12H,3-4H2. The van der Waals surface area contributed by atoms with Gasteiger partial charge in [-0.3, -0.25) is 9.78 Å². The van der Waals surface area contributed by atoms with Crippen molar-refractivity contribution in [3.05, 3.63) is 35.8 Å². The number of Topliss-reactive ketones (excluding diaryl/α,β-unsaturated/α-hetero) is 1. The number of hydrogen-bond acceptors (Lipinski definition) is 3. The summed E-state index contributed by atoms with van der Waals surface area (Å²) in [5, 5.41) is 8.90. The van der Waals surface area contributed by atoms with Crippen molar-refractivity contribution < 1.29 is 9.90 Å². The second kappa shape index (κ2) is 3.01. The third-order valence-corrected chi connectivity index (χ3v) is 2.20. The summed E-state index contributed by atoms with van der Waals surface area (Å²) in [5.74, 6) is -0.0111. The molecule has 0 radical (unpaired) electrons. The highest BCUT2D eigenvalue weighted by molar-refractivity contribution is 6.21. The van der Waals surface area contributed by atoms with Crippen LogP contribution < -0.4 is 0 Å². The largest absolute Gasteiger partial charge is 0.515 e. The van der Waals surface area contributed by atoms with Crippen molar-refractivity contribution in [2.24, 2.45) is 0 Å². The SMILES string of the molecule is O=C1CCc2ncccc2C1=CO. The molecule has 0 bridgehead atoms. The summed E-state index contributed by atoms with van der Waals surface area (Å²) in [6.45, 7) is 0. The Bertz CT molecular complexity index is 382. The van der Waals surface area contributed by atoms with Gasteiger partial charge in [-0.05, 0) is 12.5 Å². The average molecular weight is 175 g/mol. The van der Waals surface area contributed by atoms with E-state index in [0.717, 1.165) is 17.5 Å². The van der Waals surface area contributed by atoms with Crippen LogP contribution in [-0.4, -0.2) is 15.9 Å². The number of rotatable bonds is 0. The van der Waals surface area contributed by atoms with Gasteiger partial charge in [-0.1, -0.05) is 6.07 Å². The first-order valence-electron chi connectivity index (χ1n) is 4.15. The fourth-order valence-electron chi connectivity index (χ4n) is 1.54. The van der Waals surface area contributed by atoms with E-state index >= 15 is 0 Å². The molecule has 0 amide bonds. The zero-order valence-electron chi connectivity index (χ0n) is 7.03. The topological polar surface area (TPSA) is 50.2 Å². The van der Waals surface area contributed by atoms with Gasteiger partial charge in [-0.25, -0.2) is 0 Å². The van der Waals surface area contributed by atoms with Crippen molar-refractivity contribution in [2.45, 2.75) is 12.8 Å². The number of hydrogen-bond donors (Lipinski definition) is 1. The minimum absolute atomic E-state index is 0.0111. The molecule has 0 saturated heterocycles. The fraction of sp³-hybridized carbons (Fsp3) is 0.200. The quantitative estimate of drug-likeness (QED) is 0.480. The Morgan fingerprint density at radius 1 is 1.46 bits per heavy atom. The molecular weight excluding hydrogens is 166 g/mol. The molecule has 66 valence electrons. The predicted molar refractivity (Wildman–Crippen MR) is 48.2 cm³/mol. The van der Waals surface area contributed by atoms with Crippen LogP contribution in [-0.2, 0) is 11.2 Å². The lowest BCUT2D eigenvalue weighted by Gasteiger charge is -2.15. The zero-order valence-corrected chi connectivity index (χ0v) is 7.03. The second-order valence-corrected chi connectivity index (χ2v) is 2.96. The summed E-state index contributed by atoms with van der Waals surface area (Å²) in [6.07, 6.45) is 3.69. The first kappa shape index (κ1) is 7.98. The smallest absolute Gasteiger partial charge is 0.167 e. The van der Waals surface area contributed by atoms with Crippen LogP contribution in [0.3, 0.4) is 0 Å². The normalized spacial score (nSPS) is 18.8. The van der Waals surface area contributed by atoms with Crippen LogP contribution in [0.2, 0.25) is 0 Å². The molecule has 1 N–H and O–H groups in total. The number of carbonyl (C=O) groups is 1. The van der Waals surface area contributed by atoms with Gasteiger partial charge in [0.05, 0.1) is 11.8 Å². The van der Waals surface area contributed by atoms with E-state index in [4.69, 9.17) is 5.11 Å². The molecule has 2 rings (SSSR count). The third kappa shape index (κ3) is 1.22. The van der Waals surface area contributed by atoms with Crippen LogP contribution in [0.5, 0.6) is 0 Å². The van der Waals surface area contributed by atoms with Gasteiger partial charge >= 0.3 is 0 Å². The highest BCUT2D eigenvalue weighted by Gasteiger charge is 2.21. The van der Waals surface area contributed by atoms with E-state index in [1.165, 1.54) is 0 Å². The molecule has 1 aliphatic rings. The van der Waals surface area contributed by atoms with Gasteiger partial charge in [0.2, 0.25) is 0 Å². The summed E-state index contributed by atoms with van der Waals surface area (Å²) < 4.78 is 0. The van der Waals surface area contributed by atoms with Gasteiger partial charge in [0.15, 0.2) is 5.78 Å². The average Bonchev–Trinajstić information content (AvgIpc) is 2.18. The molecular formula is C10H9NO2. The molecule has 0 unspecified atom stereocenters. The van der Waals surface area contributed by atoms with Gasteiger partial charge in [-0.15, -0.1) is 0 Å². The molecule has 1 aromatic heterocycles. The molecule has 0 fully saturated rings. The Balaban J connectivity index is 2.58. The van der Waals surface area contributed by atoms with Crippen molar-refractivity contribution in [1.29, 1.82) is 0 Å². The third-order valence-electron chi connectivity index (χ3n) is 2.20. The maximum absolute atomic E-state index is 11.3. The molecule has 0 atom stereocenters. The lowest BCUT2D eigenvalue weighted by Crippen LogP contribution is -2.13. The molecule has 1 aromatic rings. The van der Waals surface area contributed by atoms with Crippen molar-refractivity contribution in [2.75, 3.05) is 0 Å². The summed E-state index contributed by atoms with van der Waals surface area (Å²) in [7, 11) is 0. The molecule has 1 heterocycles. The lowest BCUT2D eigenvalue weighted by molar-refractivity contribution is -0.114. The van der Waals surface area contributed by atoms with Crippen molar-refractivity contribution in [3.63, 3.8) is 0 Å². The van der Waals surface area contributed by atoms with E-state index in [-0.39, 0.29) is 5.78 Å². The molecule has 0 aliphatic heterocycles. The molecule has 0 spiro atoms. The fourth-order valence-corrected chi connectivity index (χ4v) is 1.54. The van der Waals surface area contributed by atoms with Crippen molar-refractivity contribution >= 4 is 11.4 Å². The zero-order chi connectivity index (χ0) is 9.26. The number of fused-ring (bicyclic) bond motifs is 1. The number of carbonyl (C=O) groups excluding carboxylic acids is 1. The van der Waals surface area contributed by atoms with E-state index in [1.54, 1.807) is 18.3 Å². The van der Waals surface area contributed by atoms with Crippen LogP contribution in [0.1, 0.15) is 17.7 Å². The Kier molecular flexibility index (Phi) is 1.85. The van der Waals surface area contributed by atoms with Crippen LogP contribution in [0.4, 0.5) is 0 Å². The van der Waals surface area contributed by atoms with Crippen molar-refractivity contribution in [1.82, 2.24) is 4.98 Å². The Hall–Kier alpha value is -1.64. The maximum atomic E-state index is 11.3. The highest BCUT2D eigenvalue weighted by Crippen LogP contribution is 2.25. The predicted octanol–water partition coefficient (Wildman–Crippen LogP) is 1.50. The second-order valence-electron chi connectivity index (χ2n) is 2.96. The van der Waals surface area contributed by atoms with E-state index in [2.05, 4.69) is 4.98 Å². The highest BCUT2D eigenvalue weighted by atomic mass is 16.2. The van der Waals surface area contributed by atoms with Crippen LogP contribution in [0.15, 0.2) is 24.6 Å². The van der Waals surface area contributed by atoms with Crippen LogP contribution in [0.25, 0.3) is 5.57 Å². The van der Waals surface area contributed by atoms with Crippen molar-refractivity contribution in [3.8, 4) is 0 Å². The van der Waals surface area contributed by atoms with Gasteiger partial charge < -0.3 is 5.11 Å². The minimum Gasteiger partial charge on any atom is -0.515 e. The van der Waals surface area contributed by atoms with Gasteiger partial charge in [0, 0.05) is 23.9 Å². The molecule has 3 heteroatoms. The first-order chi connectivity index (χ1) is 6.33. The molecule has 3 nitrogen and oxygen atoms in total. The summed E-state index contributed by atoms with van der Waals surface area (Å²) in [5.41, 5.74) is 2.04. The Morgan fingerprint density at radius 3 is 3.08 bits per heavy atom. The molecule has 0 aromatic carbocycles. The lowest BCUT2D eigenvalue weighted by atomic mass is 9.91. The van der Waals surface area contributed by atoms with E-state index in [0.29, 0.717) is 18.4 Å². The number of aliphatic hydroxyl groups excluding tert-OH is 1. The number of nitrogens with zero attached hydrogens (tertiary/aromatic N) is 1. The monoisotopic (exact) mass is 175 g/mol. The molecule has 13 heavy (non-hydrogen) atoms. The number of allylic oxidation sites excluding steroid dienone is 1. The number of pyridine rings is 1.